The van der Waals surface area contributed by atoms with Crippen LogP contribution in [0.5, 0.6) is 0 Å². The molecule has 0 spiro atoms. The van der Waals surface area contributed by atoms with E-state index in [4.69, 9.17) is 15.9 Å². The molecule has 6 N–H and O–H groups in total. The van der Waals surface area contributed by atoms with Crippen LogP contribution in [0.1, 0.15) is 26.7 Å². The second kappa shape index (κ2) is 8.30. The van der Waals surface area contributed by atoms with E-state index in [1.807, 2.05) is 6.92 Å². The minimum atomic E-state index is -1.25. The number of carbonyl (C=O) groups is 3. The highest BCUT2D eigenvalue weighted by Gasteiger charge is 2.28. The summed E-state index contributed by atoms with van der Waals surface area (Å²) in [5, 5.41) is 22.2. The highest BCUT2D eigenvalue weighted by molar-refractivity contribution is 5.89. The fourth-order valence-electron chi connectivity index (χ4n) is 1.50. The summed E-state index contributed by atoms with van der Waals surface area (Å²) in [4.78, 5) is 33.7. The Kier molecular flexibility index (Phi) is 7.50. The van der Waals surface area contributed by atoms with Crippen molar-refractivity contribution in [2.75, 3.05) is 6.61 Å². The average Bonchev–Trinajstić information content (AvgIpc) is 2.33. The van der Waals surface area contributed by atoms with Crippen molar-refractivity contribution in [2.45, 2.75) is 38.8 Å². The van der Waals surface area contributed by atoms with Crippen molar-refractivity contribution in [1.29, 1.82) is 0 Å². The monoisotopic (exact) mass is 275 g/mol. The van der Waals surface area contributed by atoms with Gasteiger partial charge in [0.2, 0.25) is 5.91 Å². The van der Waals surface area contributed by atoms with E-state index in [2.05, 4.69) is 10.6 Å². The van der Waals surface area contributed by atoms with Crippen molar-refractivity contribution in [3.05, 3.63) is 0 Å². The highest BCUT2D eigenvalue weighted by Crippen LogP contribution is 2.08. The van der Waals surface area contributed by atoms with Gasteiger partial charge in [0.25, 0.3) is 0 Å². The Morgan fingerprint density at radius 3 is 2.21 bits per heavy atom. The third kappa shape index (κ3) is 6.05. The van der Waals surface area contributed by atoms with Crippen LogP contribution in [0.4, 0.5) is 4.79 Å². The molecule has 0 aliphatic heterocycles. The zero-order valence-electron chi connectivity index (χ0n) is 11.0. The van der Waals surface area contributed by atoms with Gasteiger partial charge in [-0.3, -0.25) is 4.79 Å². The quantitative estimate of drug-likeness (QED) is 0.387. The van der Waals surface area contributed by atoms with Gasteiger partial charge in [0.05, 0.1) is 0 Å². The molecule has 0 saturated heterocycles. The molecule has 110 valence electrons. The second-order valence-electron chi connectivity index (χ2n) is 4.28. The molecule has 0 aromatic heterocycles. The summed E-state index contributed by atoms with van der Waals surface area (Å²) in [5.41, 5.74) is 4.99. The number of hydrogen-bond donors (Lipinski definition) is 5. The number of nitrogens with two attached hydrogens (primary N) is 1. The number of carboxylic acid groups (broad SMARTS) is 1. The van der Waals surface area contributed by atoms with Crippen LogP contribution in [-0.2, 0) is 9.59 Å². The SMILES string of the molecule is CCC(C)C(NC(N)=O)C(=O)N[C@@H](CCO)C(=O)O. The standard InChI is InChI=1S/C11H21N3O5/c1-3-6(2)8(14-11(12)19)9(16)13-7(4-5-15)10(17)18/h6-8,15H,3-5H2,1-2H3,(H,13,16)(H,17,18)(H3,12,14,19)/t6?,7-,8?/m0/s1. The van der Waals surface area contributed by atoms with E-state index in [0.29, 0.717) is 6.42 Å². The lowest BCUT2D eigenvalue weighted by atomic mass is 9.98. The summed E-state index contributed by atoms with van der Waals surface area (Å²) >= 11 is 0. The molecule has 0 aromatic carbocycles. The van der Waals surface area contributed by atoms with Gasteiger partial charge in [-0.1, -0.05) is 20.3 Å². The largest absolute Gasteiger partial charge is 0.480 e. The molecule has 0 aliphatic rings. The van der Waals surface area contributed by atoms with Crippen LogP contribution in [0.3, 0.4) is 0 Å². The number of amides is 3. The van der Waals surface area contributed by atoms with E-state index < -0.39 is 30.0 Å². The average molecular weight is 275 g/mol. The Morgan fingerprint density at radius 2 is 1.84 bits per heavy atom. The molecular formula is C11H21N3O5. The lowest BCUT2D eigenvalue weighted by Gasteiger charge is -2.24. The second-order valence-corrected chi connectivity index (χ2v) is 4.28. The smallest absolute Gasteiger partial charge is 0.326 e. The number of primary amides is 1. The number of urea groups is 1. The summed E-state index contributed by atoms with van der Waals surface area (Å²) < 4.78 is 0. The summed E-state index contributed by atoms with van der Waals surface area (Å²) in [6.45, 7) is 3.20. The maximum absolute atomic E-state index is 11.9. The Bertz CT molecular complexity index is 334. The molecule has 2 unspecified atom stereocenters. The molecule has 3 amide bonds. The predicted molar refractivity (Wildman–Crippen MR) is 67.2 cm³/mol. The van der Waals surface area contributed by atoms with Gasteiger partial charge in [0, 0.05) is 13.0 Å². The number of rotatable bonds is 8. The molecule has 0 aromatic rings. The minimum Gasteiger partial charge on any atom is -0.480 e. The first-order chi connectivity index (χ1) is 8.83. The van der Waals surface area contributed by atoms with E-state index in [-0.39, 0.29) is 18.9 Å². The predicted octanol–water partition coefficient (Wildman–Crippen LogP) is -0.979. The first-order valence-corrected chi connectivity index (χ1v) is 6.03. The van der Waals surface area contributed by atoms with Crippen molar-refractivity contribution >= 4 is 17.9 Å². The molecule has 0 saturated carbocycles. The van der Waals surface area contributed by atoms with E-state index in [1.165, 1.54) is 0 Å². The van der Waals surface area contributed by atoms with Crippen molar-refractivity contribution in [3.8, 4) is 0 Å². The first-order valence-electron chi connectivity index (χ1n) is 6.03. The molecule has 3 atom stereocenters. The van der Waals surface area contributed by atoms with E-state index in [9.17, 15) is 14.4 Å². The van der Waals surface area contributed by atoms with Gasteiger partial charge in [-0.15, -0.1) is 0 Å². The normalized spacial score (nSPS) is 15.1. The molecule has 0 rings (SSSR count). The van der Waals surface area contributed by atoms with Gasteiger partial charge in [0.1, 0.15) is 12.1 Å². The summed E-state index contributed by atoms with van der Waals surface area (Å²) in [6, 6.07) is -2.95. The van der Waals surface area contributed by atoms with Crippen LogP contribution in [0, 0.1) is 5.92 Å². The zero-order valence-corrected chi connectivity index (χ0v) is 11.0. The number of nitrogens with one attached hydrogen (secondary N) is 2. The van der Waals surface area contributed by atoms with Crippen molar-refractivity contribution < 1.29 is 24.6 Å². The van der Waals surface area contributed by atoms with Crippen LogP contribution < -0.4 is 16.4 Å². The van der Waals surface area contributed by atoms with Crippen molar-refractivity contribution in [3.63, 3.8) is 0 Å². The maximum atomic E-state index is 11.9. The third-order valence-corrected chi connectivity index (χ3v) is 2.83. The molecule has 8 heteroatoms. The van der Waals surface area contributed by atoms with E-state index in [0.717, 1.165) is 0 Å². The van der Waals surface area contributed by atoms with Crippen LogP contribution >= 0.6 is 0 Å². The summed E-state index contributed by atoms with van der Waals surface area (Å²) in [7, 11) is 0. The topological polar surface area (TPSA) is 142 Å². The summed E-state index contributed by atoms with van der Waals surface area (Å²) in [6.07, 6.45) is 0.501. The molecule has 0 fully saturated rings. The van der Waals surface area contributed by atoms with Crippen LogP contribution in [0.25, 0.3) is 0 Å². The molecular weight excluding hydrogens is 254 g/mol. The number of hydrogen-bond acceptors (Lipinski definition) is 4. The van der Waals surface area contributed by atoms with E-state index >= 15 is 0 Å². The molecule has 8 nitrogen and oxygen atoms in total. The van der Waals surface area contributed by atoms with E-state index in [1.54, 1.807) is 6.92 Å². The van der Waals surface area contributed by atoms with Crippen LogP contribution in [0.15, 0.2) is 0 Å². The number of aliphatic hydroxyl groups excluding tert-OH is 1. The highest BCUT2D eigenvalue weighted by atomic mass is 16.4. The number of carboxylic acids is 1. The lowest BCUT2D eigenvalue weighted by molar-refractivity contribution is -0.142. The Morgan fingerprint density at radius 1 is 1.26 bits per heavy atom. The van der Waals surface area contributed by atoms with Crippen LogP contribution in [-0.4, -0.2) is 46.8 Å². The number of aliphatic hydroxyl groups is 1. The molecule has 0 aliphatic carbocycles. The van der Waals surface area contributed by atoms with Gasteiger partial charge < -0.3 is 26.6 Å². The summed E-state index contributed by atoms with van der Waals surface area (Å²) in [5.74, 6) is -2.07. The third-order valence-electron chi connectivity index (χ3n) is 2.83. The lowest BCUT2D eigenvalue weighted by Crippen LogP contribution is -2.55. The Hall–Kier alpha value is -1.83. The van der Waals surface area contributed by atoms with Crippen LogP contribution in [0.2, 0.25) is 0 Å². The number of carbonyl (C=O) groups excluding carboxylic acids is 2. The molecule has 0 heterocycles. The number of aliphatic carboxylic acids is 1. The minimum absolute atomic E-state index is 0.106. The van der Waals surface area contributed by atoms with Gasteiger partial charge >= 0.3 is 12.0 Å². The van der Waals surface area contributed by atoms with Crippen molar-refractivity contribution in [1.82, 2.24) is 10.6 Å². The fraction of sp³-hybridized carbons (Fsp3) is 0.727. The fourth-order valence-corrected chi connectivity index (χ4v) is 1.50. The van der Waals surface area contributed by atoms with Gasteiger partial charge in [-0.2, -0.15) is 0 Å². The molecule has 0 radical (unpaired) electrons. The molecule has 19 heavy (non-hydrogen) atoms. The first kappa shape index (κ1) is 17.2. The van der Waals surface area contributed by atoms with Gasteiger partial charge in [0.15, 0.2) is 0 Å². The maximum Gasteiger partial charge on any atom is 0.326 e. The van der Waals surface area contributed by atoms with Crippen molar-refractivity contribution in [2.24, 2.45) is 11.7 Å². The zero-order chi connectivity index (χ0) is 15.0. The van der Waals surface area contributed by atoms with Gasteiger partial charge in [-0.05, 0) is 5.92 Å². The Labute approximate surface area is 111 Å². The van der Waals surface area contributed by atoms with Gasteiger partial charge in [-0.25, -0.2) is 9.59 Å². The molecule has 0 bridgehead atoms. The Balaban J connectivity index is 4.78.